The Balaban J connectivity index is 1.77. The Kier molecular flexibility index (Phi) is 4.17. The highest BCUT2D eigenvalue weighted by Gasteiger charge is 2.21. The third-order valence-electron chi connectivity index (χ3n) is 3.20. The number of aromatic nitrogens is 1. The highest BCUT2D eigenvalue weighted by molar-refractivity contribution is 9.10. The second-order valence-electron chi connectivity index (χ2n) is 4.92. The average molecular weight is 355 g/mol. The third kappa shape index (κ3) is 3.57. The molecule has 1 aliphatic rings. The van der Waals surface area contributed by atoms with Crippen molar-refractivity contribution in [2.45, 2.75) is 25.4 Å². The molecule has 1 saturated carbocycles. The normalized spacial score (nSPS) is 14.2. The molecular weight excluding hydrogens is 342 g/mol. The van der Waals surface area contributed by atoms with Crippen molar-refractivity contribution in [1.82, 2.24) is 10.3 Å². The minimum atomic E-state index is -0.494. The molecule has 110 valence electrons. The summed E-state index contributed by atoms with van der Waals surface area (Å²) in [6.07, 6.45) is 3.78. The van der Waals surface area contributed by atoms with Gasteiger partial charge < -0.3 is 10.1 Å². The summed E-state index contributed by atoms with van der Waals surface area (Å²) in [5, 5.41) is 3.24. The summed E-state index contributed by atoms with van der Waals surface area (Å²) in [6, 6.07) is 6.23. The van der Waals surface area contributed by atoms with E-state index >= 15 is 0 Å². The van der Waals surface area contributed by atoms with Crippen molar-refractivity contribution in [3.63, 3.8) is 0 Å². The summed E-state index contributed by atoms with van der Waals surface area (Å²) in [5.74, 6) is -0.685. The number of ether oxygens (including phenoxy) is 1. The molecule has 3 rings (SSSR count). The highest BCUT2D eigenvalue weighted by Crippen LogP contribution is 2.28. The molecule has 0 unspecified atom stereocenters. The smallest absolute Gasteiger partial charge is 0.256 e. The fourth-order valence-corrected chi connectivity index (χ4v) is 2.22. The van der Waals surface area contributed by atoms with Gasteiger partial charge in [-0.15, -0.1) is 0 Å². The number of rotatable bonds is 5. The third-order valence-corrected chi connectivity index (χ3v) is 3.81. The van der Waals surface area contributed by atoms with Crippen LogP contribution in [0.15, 0.2) is 34.9 Å². The van der Waals surface area contributed by atoms with Crippen LogP contribution in [0.3, 0.4) is 0 Å². The van der Waals surface area contributed by atoms with Crippen LogP contribution in [0.4, 0.5) is 8.78 Å². The Labute approximate surface area is 129 Å². The number of hydrogen-bond acceptors (Lipinski definition) is 3. The first-order valence-corrected chi connectivity index (χ1v) is 7.42. The Morgan fingerprint density at radius 2 is 2.10 bits per heavy atom. The topological polar surface area (TPSA) is 34.1 Å². The Bertz CT molecular complexity index is 662. The summed E-state index contributed by atoms with van der Waals surface area (Å²) >= 11 is 3.06. The average Bonchev–Trinajstić information content (AvgIpc) is 3.28. The van der Waals surface area contributed by atoms with Crippen molar-refractivity contribution in [2.75, 3.05) is 0 Å². The van der Waals surface area contributed by atoms with Gasteiger partial charge in [0.1, 0.15) is 11.6 Å². The molecule has 1 aromatic heterocycles. The number of hydrogen-bond donors (Lipinski definition) is 1. The van der Waals surface area contributed by atoms with Crippen LogP contribution in [0, 0.1) is 11.6 Å². The zero-order valence-corrected chi connectivity index (χ0v) is 12.7. The van der Waals surface area contributed by atoms with E-state index < -0.39 is 11.6 Å². The van der Waals surface area contributed by atoms with Gasteiger partial charge in [0.05, 0.1) is 4.47 Å². The van der Waals surface area contributed by atoms with Crippen molar-refractivity contribution in [3.05, 3.63) is 52.1 Å². The molecule has 2 aromatic rings. The number of nitrogens with zero attached hydrogens (tertiary/aromatic N) is 1. The SMILES string of the molecule is Fc1ccc(Oc2nccc(CNC3CC3)c2F)cc1Br. The Morgan fingerprint density at radius 1 is 1.29 bits per heavy atom. The zero-order chi connectivity index (χ0) is 14.8. The number of nitrogens with one attached hydrogen (secondary N) is 1. The molecule has 0 saturated heterocycles. The van der Waals surface area contributed by atoms with E-state index in [1.165, 1.54) is 24.4 Å². The first-order chi connectivity index (χ1) is 10.1. The quantitative estimate of drug-likeness (QED) is 0.874. The van der Waals surface area contributed by atoms with E-state index in [4.69, 9.17) is 4.74 Å². The largest absolute Gasteiger partial charge is 0.436 e. The molecule has 1 aromatic carbocycles. The predicted octanol–water partition coefficient (Wildman–Crippen LogP) is 4.17. The Morgan fingerprint density at radius 3 is 2.81 bits per heavy atom. The summed E-state index contributed by atoms with van der Waals surface area (Å²) in [6.45, 7) is 0.447. The molecule has 1 fully saturated rings. The lowest BCUT2D eigenvalue weighted by molar-refractivity contribution is 0.416. The van der Waals surface area contributed by atoms with Gasteiger partial charge in [-0.3, -0.25) is 0 Å². The molecular formula is C15H13BrF2N2O. The van der Waals surface area contributed by atoms with Gasteiger partial charge in [0, 0.05) is 24.3 Å². The molecule has 1 aliphatic carbocycles. The van der Waals surface area contributed by atoms with E-state index in [0.29, 0.717) is 23.9 Å². The van der Waals surface area contributed by atoms with Gasteiger partial charge in [-0.1, -0.05) is 0 Å². The van der Waals surface area contributed by atoms with Gasteiger partial charge in [0.15, 0.2) is 5.82 Å². The van der Waals surface area contributed by atoms with Crippen LogP contribution in [0.2, 0.25) is 0 Å². The van der Waals surface area contributed by atoms with Gasteiger partial charge in [0.25, 0.3) is 5.88 Å². The fourth-order valence-electron chi connectivity index (χ4n) is 1.86. The summed E-state index contributed by atoms with van der Waals surface area (Å²) < 4.78 is 33.1. The predicted molar refractivity (Wildman–Crippen MR) is 78.2 cm³/mol. The lowest BCUT2D eigenvalue weighted by Gasteiger charge is -2.10. The van der Waals surface area contributed by atoms with Crippen molar-refractivity contribution >= 4 is 15.9 Å². The lowest BCUT2D eigenvalue weighted by atomic mass is 10.2. The minimum absolute atomic E-state index is 0.108. The second kappa shape index (κ2) is 6.07. The van der Waals surface area contributed by atoms with E-state index in [9.17, 15) is 8.78 Å². The van der Waals surface area contributed by atoms with E-state index in [1.54, 1.807) is 6.07 Å². The molecule has 1 heterocycles. The number of benzene rings is 1. The van der Waals surface area contributed by atoms with Crippen LogP contribution in [0.1, 0.15) is 18.4 Å². The molecule has 0 atom stereocenters. The van der Waals surface area contributed by atoms with Gasteiger partial charge in [-0.25, -0.2) is 13.8 Å². The molecule has 21 heavy (non-hydrogen) atoms. The first kappa shape index (κ1) is 14.4. The monoisotopic (exact) mass is 354 g/mol. The molecule has 0 aliphatic heterocycles. The molecule has 0 bridgehead atoms. The van der Waals surface area contributed by atoms with Crippen LogP contribution < -0.4 is 10.1 Å². The van der Waals surface area contributed by atoms with Crippen LogP contribution in [0.25, 0.3) is 0 Å². The van der Waals surface area contributed by atoms with Gasteiger partial charge in [0.2, 0.25) is 0 Å². The van der Waals surface area contributed by atoms with E-state index in [0.717, 1.165) is 12.8 Å². The van der Waals surface area contributed by atoms with Crippen LogP contribution in [0.5, 0.6) is 11.6 Å². The summed E-state index contributed by atoms with van der Waals surface area (Å²) in [4.78, 5) is 3.89. The van der Waals surface area contributed by atoms with Crippen molar-refractivity contribution in [3.8, 4) is 11.6 Å². The molecule has 6 heteroatoms. The maximum absolute atomic E-state index is 14.3. The minimum Gasteiger partial charge on any atom is -0.436 e. The summed E-state index contributed by atoms with van der Waals surface area (Å²) in [7, 11) is 0. The van der Waals surface area contributed by atoms with Crippen molar-refractivity contribution < 1.29 is 13.5 Å². The van der Waals surface area contributed by atoms with E-state index in [1.807, 2.05) is 0 Å². The standard InChI is InChI=1S/C15H13BrF2N2O/c16-12-7-11(3-4-13(12)17)21-15-14(18)9(5-6-19-15)8-20-10-1-2-10/h3-7,10,20H,1-2,8H2. The Hall–Kier alpha value is -1.53. The molecule has 0 spiro atoms. The first-order valence-electron chi connectivity index (χ1n) is 6.63. The molecule has 0 amide bonds. The van der Waals surface area contributed by atoms with Gasteiger partial charge in [-0.05, 0) is 53.0 Å². The lowest BCUT2D eigenvalue weighted by Crippen LogP contribution is -2.16. The van der Waals surface area contributed by atoms with Crippen LogP contribution >= 0.6 is 15.9 Å². The zero-order valence-electron chi connectivity index (χ0n) is 11.1. The van der Waals surface area contributed by atoms with E-state index in [-0.39, 0.29) is 10.4 Å². The summed E-state index contributed by atoms with van der Waals surface area (Å²) in [5.41, 5.74) is 0.507. The highest BCUT2D eigenvalue weighted by atomic mass is 79.9. The second-order valence-corrected chi connectivity index (χ2v) is 5.78. The molecule has 1 N–H and O–H groups in total. The van der Waals surface area contributed by atoms with Crippen LogP contribution in [-0.2, 0) is 6.54 Å². The number of pyridine rings is 1. The van der Waals surface area contributed by atoms with Gasteiger partial charge in [-0.2, -0.15) is 0 Å². The van der Waals surface area contributed by atoms with E-state index in [2.05, 4.69) is 26.2 Å². The maximum atomic E-state index is 14.3. The molecule has 3 nitrogen and oxygen atoms in total. The fraction of sp³-hybridized carbons (Fsp3) is 0.267. The van der Waals surface area contributed by atoms with Crippen LogP contribution in [-0.4, -0.2) is 11.0 Å². The van der Waals surface area contributed by atoms with Crippen molar-refractivity contribution in [1.29, 1.82) is 0 Å². The maximum Gasteiger partial charge on any atom is 0.256 e. The molecule has 0 radical (unpaired) electrons. The van der Waals surface area contributed by atoms with Crippen molar-refractivity contribution in [2.24, 2.45) is 0 Å². The van der Waals surface area contributed by atoms with Gasteiger partial charge >= 0.3 is 0 Å². The number of halogens is 3.